The molecule has 0 amide bonds. The zero-order valence-electron chi connectivity index (χ0n) is 9.07. The second-order valence-corrected chi connectivity index (χ2v) is 6.16. The first kappa shape index (κ1) is 13.0. The van der Waals surface area contributed by atoms with Gasteiger partial charge >= 0.3 is 0 Å². The molecule has 0 bridgehead atoms. The van der Waals surface area contributed by atoms with E-state index in [0.29, 0.717) is 10.6 Å². The van der Waals surface area contributed by atoms with Crippen molar-refractivity contribution in [2.45, 2.75) is 18.7 Å². The molecule has 0 aliphatic rings. The molecule has 1 aromatic rings. The van der Waals surface area contributed by atoms with Crippen molar-refractivity contribution < 1.29 is 8.42 Å². The first-order valence-electron chi connectivity index (χ1n) is 4.75. The molecule has 0 fully saturated rings. The summed E-state index contributed by atoms with van der Waals surface area (Å²) >= 11 is 5.82. The van der Waals surface area contributed by atoms with E-state index in [0.717, 1.165) is 0 Å². The lowest BCUT2D eigenvalue weighted by Crippen LogP contribution is -2.13. The maximum atomic E-state index is 11.9. The molecule has 0 saturated carbocycles. The highest BCUT2D eigenvalue weighted by Crippen LogP contribution is 2.21. The second kappa shape index (κ2) is 4.86. The summed E-state index contributed by atoms with van der Waals surface area (Å²) < 4.78 is 23.7. The topological polar surface area (TPSA) is 57.9 Å². The number of nitrogens with zero attached hydrogens (tertiary/aromatic N) is 1. The third kappa shape index (κ3) is 2.97. The minimum absolute atomic E-state index is 0.162. The molecule has 0 saturated heterocycles. The minimum atomic E-state index is -3.39. The maximum absolute atomic E-state index is 11.9. The molecule has 0 N–H and O–H groups in total. The molecule has 0 aliphatic carbocycles. The van der Waals surface area contributed by atoms with Crippen LogP contribution in [0.3, 0.4) is 0 Å². The van der Waals surface area contributed by atoms with Crippen LogP contribution < -0.4 is 0 Å². The number of benzene rings is 1. The number of nitriles is 1. The summed E-state index contributed by atoms with van der Waals surface area (Å²) in [5, 5.41) is 9.14. The van der Waals surface area contributed by atoms with Crippen LogP contribution in [0.5, 0.6) is 0 Å². The monoisotopic (exact) mass is 257 g/mol. The Labute approximate surface area is 101 Å². The van der Waals surface area contributed by atoms with Crippen molar-refractivity contribution in [1.29, 1.82) is 5.26 Å². The summed E-state index contributed by atoms with van der Waals surface area (Å²) in [7, 11) is -3.39. The Morgan fingerprint density at radius 1 is 1.50 bits per heavy atom. The third-order valence-electron chi connectivity index (χ3n) is 2.18. The van der Waals surface area contributed by atoms with Crippen LogP contribution in [0, 0.1) is 24.2 Å². The molecule has 1 atom stereocenters. The molecule has 3 nitrogen and oxygen atoms in total. The molecule has 0 aliphatic heterocycles. The van der Waals surface area contributed by atoms with E-state index in [2.05, 4.69) is 0 Å². The molecular weight excluding hydrogens is 246 g/mol. The van der Waals surface area contributed by atoms with E-state index in [1.807, 2.05) is 6.07 Å². The van der Waals surface area contributed by atoms with E-state index in [1.54, 1.807) is 19.9 Å². The number of hydrogen-bond acceptors (Lipinski definition) is 3. The lowest BCUT2D eigenvalue weighted by atomic mass is 10.2. The van der Waals surface area contributed by atoms with Gasteiger partial charge in [-0.15, -0.1) is 0 Å². The summed E-state index contributed by atoms with van der Waals surface area (Å²) in [5.41, 5.74) is 0.715. The number of rotatable bonds is 3. The lowest BCUT2D eigenvalue weighted by Gasteiger charge is -2.07. The molecule has 5 heteroatoms. The van der Waals surface area contributed by atoms with Crippen LogP contribution >= 0.6 is 11.6 Å². The van der Waals surface area contributed by atoms with Crippen molar-refractivity contribution in [3.05, 3.63) is 28.8 Å². The molecule has 1 rings (SSSR count). The second-order valence-electron chi connectivity index (χ2n) is 3.72. The fourth-order valence-electron chi connectivity index (χ4n) is 1.27. The van der Waals surface area contributed by atoms with Crippen LogP contribution in [0.4, 0.5) is 0 Å². The van der Waals surface area contributed by atoms with Gasteiger partial charge in [-0.2, -0.15) is 5.26 Å². The Balaban J connectivity index is 3.09. The van der Waals surface area contributed by atoms with Crippen molar-refractivity contribution in [1.82, 2.24) is 0 Å². The molecule has 1 aromatic carbocycles. The molecular formula is C11H12ClNO2S. The first-order chi connectivity index (χ1) is 7.36. The van der Waals surface area contributed by atoms with Crippen molar-refractivity contribution in [2.75, 3.05) is 5.75 Å². The van der Waals surface area contributed by atoms with Crippen molar-refractivity contribution in [3.8, 4) is 6.07 Å². The van der Waals surface area contributed by atoms with Gasteiger partial charge in [0.05, 0.1) is 22.6 Å². The van der Waals surface area contributed by atoms with Crippen molar-refractivity contribution in [3.63, 3.8) is 0 Å². The van der Waals surface area contributed by atoms with E-state index in [1.165, 1.54) is 12.1 Å². The number of aryl methyl sites for hydroxylation is 1. The summed E-state index contributed by atoms with van der Waals surface area (Å²) in [5.74, 6) is -0.675. The average molecular weight is 258 g/mol. The Hall–Kier alpha value is -1.05. The Morgan fingerprint density at radius 3 is 2.62 bits per heavy atom. The normalized spacial score (nSPS) is 13.1. The van der Waals surface area contributed by atoms with Crippen molar-refractivity contribution >= 4 is 21.4 Å². The minimum Gasteiger partial charge on any atom is -0.224 e. The van der Waals surface area contributed by atoms with Crippen molar-refractivity contribution in [2.24, 2.45) is 5.92 Å². The number of sulfone groups is 1. The van der Waals surface area contributed by atoms with Gasteiger partial charge < -0.3 is 0 Å². The zero-order valence-corrected chi connectivity index (χ0v) is 10.6. The predicted molar refractivity (Wildman–Crippen MR) is 63.0 cm³/mol. The summed E-state index contributed by atoms with van der Waals surface area (Å²) in [6.45, 7) is 3.33. The molecule has 0 heterocycles. The summed E-state index contributed by atoms with van der Waals surface area (Å²) in [4.78, 5) is 0.219. The number of halogens is 1. The summed E-state index contributed by atoms with van der Waals surface area (Å²) in [6, 6.07) is 6.46. The molecule has 0 radical (unpaired) electrons. The average Bonchev–Trinajstić information content (AvgIpc) is 2.21. The highest BCUT2D eigenvalue weighted by atomic mass is 35.5. The fraction of sp³-hybridized carbons (Fsp3) is 0.364. The van der Waals surface area contributed by atoms with E-state index in [4.69, 9.17) is 16.9 Å². The van der Waals surface area contributed by atoms with Gasteiger partial charge in [0.2, 0.25) is 0 Å². The molecule has 1 unspecified atom stereocenters. The van der Waals surface area contributed by atoms with E-state index in [9.17, 15) is 8.42 Å². The van der Waals surface area contributed by atoms with E-state index < -0.39 is 15.8 Å². The van der Waals surface area contributed by atoms with Gasteiger partial charge in [-0.3, -0.25) is 0 Å². The third-order valence-corrected chi connectivity index (χ3v) is 4.51. The standard InChI is InChI=1S/C11H12ClNO2S/c1-8(6-13)7-16(14,15)10-3-4-11(12)9(2)5-10/h3-5,8H,7H2,1-2H3. The van der Waals surface area contributed by atoms with Crippen LogP contribution in [-0.4, -0.2) is 14.2 Å². The van der Waals surface area contributed by atoms with Gasteiger partial charge in [0.15, 0.2) is 9.84 Å². The van der Waals surface area contributed by atoms with Gasteiger partial charge in [0.25, 0.3) is 0 Å². The smallest absolute Gasteiger partial charge is 0.179 e. The predicted octanol–water partition coefficient (Wildman–Crippen LogP) is 2.58. The first-order valence-corrected chi connectivity index (χ1v) is 6.78. The molecule has 0 spiro atoms. The van der Waals surface area contributed by atoms with Gasteiger partial charge in [0, 0.05) is 5.02 Å². The van der Waals surface area contributed by atoms with Crippen LogP contribution in [0.25, 0.3) is 0 Å². The SMILES string of the molecule is Cc1cc(S(=O)(=O)CC(C)C#N)ccc1Cl. The van der Waals surface area contributed by atoms with Crippen LogP contribution in [0.15, 0.2) is 23.1 Å². The van der Waals surface area contributed by atoms with Crippen LogP contribution in [0.2, 0.25) is 5.02 Å². The Bertz CT molecular complexity index is 531. The van der Waals surface area contributed by atoms with E-state index >= 15 is 0 Å². The van der Waals surface area contributed by atoms with Crippen LogP contribution in [0.1, 0.15) is 12.5 Å². The Kier molecular flexibility index (Phi) is 3.95. The zero-order chi connectivity index (χ0) is 12.3. The highest BCUT2D eigenvalue weighted by molar-refractivity contribution is 7.91. The van der Waals surface area contributed by atoms with E-state index in [-0.39, 0.29) is 10.6 Å². The van der Waals surface area contributed by atoms with Gasteiger partial charge in [-0.25, -0.2) is 8.42 Å². The fourth-order valence-corrected chi connectivity index (χ4v) is 2.95. The molecule has 0 aromatic heterocycles. The molecule has 16 heavy (non-hydrogen) atoms. The lowest BCUT2D eigenvalue weighted by molar-refractivity contribution is 0.589. The van der Waals surface area contributed by atoms with Gasteiger partial charge in [0.1, 0.15) is 0 Å². The quantitative estimate of drug-likeness (QED) is 0.836. The largest absolute Gasteiger partial charge is 0.224 e. The van der Waals surface area contributed by atoms with Gasteiger partial charge in [-0.1, -0.05) is 11.6 Å². The number of hydrogen-bond donors (Lipinski definition) is 0. The van der Waals surface area contributed by atoms with Crippen LogP contribution in [-0.2, 0) is 9.84 Å². The molecule has 86 valence electrons. The highest BCUT2D eigenvalue weighted by Gasteiger charge is 2.18. The summed E-state index contributed by atoms with van der Waals surface area (Å²) in [6.07, 6.45) is 0. The van der Waals surface area contributed by atoms with Gasteiger partial charge in [-0.05, 0) is 37.6 Å². The Morgan fingerprint density at radius 2 is 2.12 bits per heavy atom. The maximum Gasteiger partial charge on any atom is 0.179 e.